The number of rotatable bonds is 5. The number of anilines is 3. The first-order chi connectivity index (χ1) is 14.6. The third-order valence-corrected chi connectivity index (χ3v) is 4.94. The number of nitro groups is 1. The molecule has 9 nitrogen and oxygen atoms in total. The molecule has 1 saturated heterocycles. The molecule has 0 unspecified atom stereocenters. The maximum Gasteiger partial charge on any atom is 0.292 e. The van der Waals surface area contributed by atoms with Crippen LogP contribution in [-0.2, 0) is 0 Å². The zero-order valence-electron chi connectivity index (χ0n) is 16.1. The van der Waals surface area contributed by atoms with E-state index in [2.05, 4.69) is 20.4 Å². The van der Waals surface area contributed by atoms with Gasteiger partial charge in [0.05, 0.1) is 4.92 Å². The van der Waals surface area contributed by atoms with E-state index in [-0.39, 0.29) is 22.2 Å². The van der Waals surface area contributed by atoms with E-state index in [1.165, 1.54) is 6.07 Å². The molecule has 1 aliphatic rings. The van der Waals surface area contributed by atoms with E-state index in [9.17, 15) is 14.9 Å². The fourth-order valence-corrected chi connectivity index (χ4v) is 3.39. The molecule has 2 heterocycles. The monoisotopic (exact) mass is 404 g/mol. The van der Waals surface area contributed by atoms with Crippen LogP contribution in [0.5, 0.6) is 0 Å². The van der Waals surface area contributed by atoms with E-state index in [1.54, 1.807) is 42.5 Å². The van der Waals surface area contributed by atoms with Crippen molar-refractivity contribution < 1.29 is 9.72 Å². The fraction of sp³-hybridized carbons (Fsp3) is 0.190. The minimum Gasteiger partial charge on any atom is -0.362 e. The lowest BCUT2D eigenvalue weighted by Gasteiger charge is -2.36. The Hall–Kier alpha value is -4.01. The van der Waals surface area contributed by atoms with E-state index < -0.39 is 0 Å². The third-order valence-electron chi connectivity index (χ3n) is 4.94. The Morgan fingerprint density at radius 2 is 1.53 bits per heavy atom. The summed E-state index contributed by atoms with van der Waals surface area (Å²) in [6.07, 6.45) is 0. The van der Waals surface area contributed by atoms with E-state index in [4.69, 9.17) is 0 Å². The van der Waals surface area contributed by atoms with E-state index in [1.807, 2.05) is 23.1 Å². The molecular formula is C21H20N6O3. The summed E-state index contributed by atoms with van der Waals surface area (Å²) in [7, 11) is 0. The van der Waals surface area contributed by atoms with Crippen molar-refractivity contribution >= 4 is 28.8 Å². The normalized spacial score (nSPS) is 13.7. The van der Waals surface area contributed by atoms with Gasteiger partial charge in [-0.15, -0.1) is 10.2 Å². The number of nitrogens with zero attached hydrogens (tertiary/aromatic N) is 5. The first-order valence-electron chi connectivity index (χ1n) is 9.55. The van der Waals surface area contributed by atoms with Gasteiger partial charge in [0, 0.05) is 37.9 Å². The van der Waals surface area contributed by atoms with Gasteiger partial charge >= 0.3 is 0 Å². The fourth-order valence-electron chi connectivity index (χ4n) is 3.39. The van der Waals surface area contributed by atoms with Crippen molar-refractivity contribution in [1.29, 1.82) is 0 Å². The molecule has 0 bridgehead atoms. The predicted molar refractivity (Wildman–Crippen MR) is 114 cm³/mol. The maximum atomic E-state index is 12.3. The van der Waals surface area contributed by atoms with Gasteiger partial charge in [-0.2, -0.15) is 0 Å². The Morgan fingerprint density at radius 1 is 0.867 bits per heavy atom. The molecule has 3 aromatic rings. The van der Waals surface area contributed by atoms with Crippen LogP contribution in [0.15, 0.2) is 66.7 Å². The van der Waals surface area contributed by atoms with Crippen LogP contribution >= 0.6 is 0 Å². The Bertz CT molecular complexity index is 1030. The molecule has 0 atom stereocenters. The second kappa shape index (κ2) is 8.56. The number of nitrogens with one attached hydrogen (secondary N) is 1. The molecule has 152 valence electrons. The SMILES string of the molecule is O=C(Nc1ccccc1)c1ccc(N2CCN(c3ccccc3[N+](=O)[O-])CC2)nn1. The first kappa shape index (κ1) is 19.3. The summed E-state index contributed by atoms with van der Waals surface area (Å²) in [6.45, 7) is 2.55. The van der Waals surface area contributed by atoms with Crippen molar-refractivity contribution in [2.45, 2.75) is 0 Å². The Morgan fingerprint density at radius 3 is 2.20 bits per heavy atom. The van der Waals surface area contributed by atoms with Crippen LogP contribution in [0.3, 0.4) is 0 Å². The van der Waals surface area contributed by atoms with Crippen molar-refractivity contribution in [3.63, 3.8) is 0 Å². The number of aromatic nitrogens is 2. The summed E-state index contributed by atoms with van der Waals surface area (Å²) in [5.41, 5.74) is 1.67. The maximum absolute atomic E-state index is 12.3. The Labute approximate surface area is 173 Å². The lowest BCUT2D eigenvalue weighted by Crippen LogP contribution is -2.47. The molecule has 1 N–H and O–H groups in total. The van der Waals surface area contributed by atoms with Crippen LogP contribution in [0.2, 0.25) is 0 Å². The molecule has 30 heavy (non-hydrogen) atoms. The van der Waals surface area contributed by atoms with E-state index in [0.717, 1.165) is 0 Å². The van der Waals surface area contributed by atoms with Crippen LogP contribution in [0.1, 0.15) is 10.5 Å². The predicted octanol–water partition coefficient (Wildman–Crippen LogP) is 2.96. The summed E-state index contributed by atoms with van der Waals surface area (Å²) in [6, 6.07) is 19.3. The zero-order valence-corrected chi connectivity index (χ0v) is 16.1. The van der Waals surface area contributed by atoms with Crippen molar-refractivity contribution in [3.8, 4) is 0 Å². The minimum absolute atomic E-state index is 0.111. The molecule has 0 radical (unpaired) electrons. The number of piperazine rings is 1. The summed E-state index contributed by atoms with van der Waals surface area (Å²) in [4.78, 5) is 27.3. The van der Waals surface area contributed by atoms with Gasteiger partial charge in [0.25, 0.3) is 11.6 Å². The molecular weight excluding hydrogens is 384 g/mol. The van der Waals surface area contributed by atoms with Crippen molar-refractivity contribution in [2.24, 2.45) is 0 Å². The molecule has 0 saturated carbocycles. The van der Waals surface area contributed by atoms with Crippen LogP contribution in [0, 0.1) is 10.1 Å². The van der Waals surface area contributed by atoms with Crippen LogP contribution in [-0.4, -0.2) is 47.2 Å². The van der Waals surface area contributed by atoms with Gasteiger partial charge in [-0.25, -0.2) is 0 Å². The highest BCUT2D eigenvalue weighted by Gasteiger charge is 2.24. The van der Waals surface area contributed by atoms with Gasteiger partial charge in [0.15, 0.2) is 11.5 Å². The van der Waals surface area contributed by atoms with Crippen LogP contribution in [0.4, 0.5) is 22.9 Å². The molecule has 0 spiro atoms. The average Bonchev–Trinajstić information content (AvgIpc) is 2.80. The molecule has 1 aromatic heterocycles. The number of hydrogen-bond acceptors (Lipinski definition) is 7. The quantitative estimate of drug-likeness (QED) is 0.515. The smallest absolute Gasteiger partial charge is 0.292 e. The molecule has 1 aliphatic heterocycles. The molecule has 1 amide bonds. The number of carbonyl (C=O) groups excluding carboxylic acids is 1. The summed E-state index contributed by atoms with van der Waals surface area (Å²) in [5, 5.41) is 22.3. The van der Waals surface area contributed by atoms with Gasteiger partial charge in [-0.3, -0.25) is 14.9 Å². The number of carbonyl (C=O) groups is 1. The molecule has 9 heteroatoms. The summed E-state index contributed by atoms with van der Waals surface area (Å²) >= 11 is 0. The van der Waals surface area contributed by atoms with Crippen molar-refractivity contribution in [1.82, 2.24) is 10.2 Å². The Kier molecular flexibility index (Phi) is 5.51. The average molecular weight is 404 g/mol. The van der Waals surface area contributed by atoms with E-state index in [0.29, 0.717) is 43.4 Å². The standard InChI is InChI=1S/C21H20N6O3/c28-21(22-16-6-2-1-3-7-16)17-10-11-20(24-23-17)26-14-12-25(13-15-26)18-8-4-5-9-19(18)27(29)30/h1-11H,12-15H2,(H,22,28). The largest absolute Gasteiger partial charge is 0.362 e. The lowest BCUT2D eigenvalue weighted by molar-refractivity contribution is -0.384. The van der Waals surface area contributed by atoms with E-state index >= 15 is 0 Å². The number of amides is 1. The van der Waals surface area contributed by atoms with Crippen LogP contribution < -0.4 is 15.1 Å². The lowest BCUT2D eigenvalue weighted by atomic mass is 10.2. The van der Waals surface area contributed by atoms with Crippen LogP contribution in [0.25, 0.3) is 0 Å². The first-order valence-corrected chi connectivity index (χ1v) is 9.55. The van der Waals surface area contributed by atoms with Gasteiger partial charge in [-0.1, -0.05) is 30.3 Å². The number of benzene rings is 2. The minimum atomic E-state index is -0.355. The molecule has 1 fully saturated rings. The second-order valence-corrected chi connectivity index (χ2v) is 6.82. The van der Waals surface area contributed by atoms with Gasteiger partial charge in [0.1, 0.15) is 5.69 Å². The molecule has 2 aromatic carbocycles. The third kappa shape index (κ3) is 4.19. The number of nitro benzene ring substituents is 1. The number of para-hydroxylation sites is 3. The zero-order chi connectivity index (χ0) is 20.9. The van der Waals surface area contributed by atoms with Crippen molar-refractivity contribution in [3.05, 3.63) is 82.5 Å². The summed E-state index contributed by atoms with van der Waals surface area (Å²) < 4.78 is 0. The second-order valence-electron chi connectivity index (χ2n) is 6.82. The molecule has 0 aliphatic carbocycles. The highest BCUT2D eigenvalue weighted by molar-refractivity contribution is 6.02. The number of hydrogen-bond donors (Lipinski definition) is 1. The highest BCUT2D eigenvalue weighted by Crippen LogP contribution is 2.28. The Balaban J connectivity index is 1.38. The molecule has 4 rings (SSSR count). The topological polar surface area (TPSA) is 104 Å². The van der Waals surface area contributed by atoms with Gasteiger partial charge < -0.3 is 15.1 Å². The summed E-state index contributed by atoms with van der Waals surface area (Å²) in [5.74, 6) is 0.356. The highest BCUT2D eigenvalue weighted by atomic mass is 16.6. The van der Waals surface area contributed by atoms with Crippen molar-refractivity contribution in [2.75, 3.05) is 41.3 Å². The van der Waals surface area contributed by atoms with Gasteiger partial charge in [-0.05, 0) is 30.3 Å². The van der Waals surface area contributed by atoms with Gasteiger partial charge in [0.2, 0.25) is 0 Å².